The summed E-state index contributed by atoms with van der Waals surface area (Å²) < 4.78 is 0. The van der Waals surface area contributed by atoms with Gasteiger partial charge < -0.3 is 10.2 Å². The van der Waals surface area contributed by atoms with E-state index in [-0.39, 0.29) is 0 Å². The van der Waals surface area contributed by atoms with E-state index in [0.717, 1.165) is 46.8 Å². The zero-order valence-electron chi connectivity index (χ0n) is 15.1. The van der Waals surface area contributed by atoms with Crippen molar-refractivity contribution in [3.63, 3.8) is 0 Å². The van der Waals surface area contributed by atoms with Crippen LogP contribution in [0.4, 0.5) is 5.82 Å². The van der Waals surface area contributed by atoms with Crippen LogP contribution in [0, 0.1) is 0 Å². The molecule has 0 aliphatic heterocycles. The van der Waals surface area contributed by atoms with Crippen molar-refractivity contribution in [1.29, 1.82) is 0 Å². The lowest BCUT2D eigenvalue weighted by atomic mass is 10.2. The van der Waals surface area contributed by atoms with Crippen molar-refractivity contribution in [1.82, 2.24) is 14.9 Å². The standard InChI is InChI=1S/C21H23ClN4/c1-26(2)15-5-14-23-21-18-6-3-4-7-19(18)24-20(25-21)13-10-16-8-11-17(22)12-9-16/h3-4,6-13H,5,14-15H2,1-2H3,(H,23,24,25)/b13-10+. The van der Waals surface area contributed by atoms with Gasteiger partial charge in [-0.2, -0.15) is 0 Å². The Hall–Kier alpha value is -2.43. The Morgan fingerprint density at radius 3 is 2.54 bits per heavy atom. The van der Waals surface area contributed by atoms with E-state index < -0.39 is 0 Å². The van der Waals surface area contributed by atoms with Crippen LogP contribution in [0.15, 0.2) is 48.5 Å². The van der Waals surface area contributed by atoms with Crippen LogP contribution < -0.4 is 5.32 Å². The molecular weight excluding hydrogens is 344 g/mol. The first-order chi connectivity index (χ1) is 12.6. The van der Waals surface area contributed by atoms with E-state index in [1.807, 2.05) is 54.6 Å². The quantitative estimate of drug-likeness (QED) is 0.609. The molecule has 0 saturated carbocycles. The number of benzene rings is 2. The topological polar surface area (TPSA) is 41.0 Å². The minimum atomic E-state index is 0.689. The smallest absolute Gasteiger partial charge is 0.154 e. The number of rotatable bonds is 7. The van der Waals surface area contributed by atoms with Gasteiger partial charge in [-0.3, -0.25) is 0 Å². The molecule has 0 radical (unpaired) electrons. The highest BCUT2D eigenvalue weighted by Crippen LogP contribution is 2.21. The molecule has 3 rings (SSSR count). The van der Waals surface area contributed by atoms with Gasteiger partial charge in [-0.1, -0.05) is 41.9 Å². The Bertz CT molecular complexity index is 888. The second-order valence-electron chi connectivity index (χ2n) is 6.42. The van der Waals surface area contributed by atoms with Gasteiger partial charge in [-0.25, -0.2) is 9.97 Å². The number of fused-ring (bicyclic) bond motifs is 1. The van der Waals surface area contributed by atoms with Crippen molar-refractivity contribution in [2.45, 2.75) is 6.42 Å². The molecule has 0 aliphatic rings. The summed E-state index contributed by atoms with van der Waals surface area (Å²) in [5, 5.41) is 5.23. The molecule has 0 unspecified atom stereocenters. The maximum atomic E-state index is 5.93. The van der Waals surface area contributed by atoms with Gasteiger partial charge in [0, 0.05) is 17.0 Å². The third kappa shape index (κ3) is 5.04. The average Bonchev–Trinajstić information content (AvgIpc) is 2.64. The molecule has 134 valence electrons. The molecule has 26 heavy (non-hydrogen) atoms. The van der Waals surface area contributed by atoms with Crippen molar-refractivity contribution < 1.29 is 0 Å². The normalized spacial score (nSPS) is 11.5. The molecule has 0 amide bonds. The van der Waals surface area contributed by atoms with Gasteiger partial charge in [0.15, 0.2) is 5.82 Å². The largest absolute Gasteiger partial charge is 0.369 e. The Labute approximate surface area is 159 Å². The van der Waals surface area contributed by atoms with E-state index in [1.54, 1.807) is 0 Å². The molecule has 0 atom stereocenters. The van der Waals surface area contributed by atoms with Crippen molar-refractivity contribution in [3.05, 3.63) is 64.9 Å². The number of nitrogens with zero attached hydrogens (tertiary/aromatic N) is 3. The maximum absolute atomic E-state index is 5.93. The number of nitrogens with one attached hydrogen (secondary N) is 1. The van der Waals surface area contributed by atoms with Crippen molar-refractivity contribution in [2.24, 2.45) is 0 Å². The molecule has 1 heterocycles. The van der Waals surface area contributed by atoms with Gasteiger partial charge >= 0.3 is 0 Å². The molecule has 3 aromatic rings. The van der Waals surface area contributed by atoms with Crippen LogP contribution in [0.3, 0.4) is 0 Å². The van der Waals surface area contributed by atoms with E-state index in [0.29, 0.717) is 5.82 Å². The zero-order chi connectivity index (χ0) is 18.4. The third-order valence-electron chi connectivity index (χ3n) is 3.99. The fourth-order valence-corrected chi connectivity index (χ4v) is 2.78. The number of aromatic nitrogens is 2. The zero-order valence-corrected chi connectivity index (χ0v) is 15.9. The van der Waals surface area contributed by atoms with E-state index >= 15 is 0 Å². The summed E-state index contributed by atoms with van der Waals surface area (Å²) in [6.07, 6.45) is 4.98. The van der Waals surface area contributed by atoms with Gasteiger partial charge in [-0.15, -0.1) is 0 Å². The first-order valence-corrected chi connectivity index (χ1v) is 9.08. The molecule has 4 nitrogen and oxygen atoms in total. The molecule has 0 fully saturated rings. The van der Waals surface area contributed by atoms with Crippen LogP contribution in [0.5, 0.6) is 0 Å². The maximum Gasteiger partial charge on any atom is 0.154 e. The second-order valence-corrected chi connectivity index (χ2v) is 6.85. The fraction of sp³-hybridized carbons (Fsp3) is 0.238. The monoisotopic (exact) mass is 366 g/mol. The van der Waals surface area contributed by atoms with Crippen molar-refractivity contribution in [2.75, 3.05) is 32.5 Å². The third-order valence-corrected chi connectivity index (χ3v) is 4.24. The minimum absolute atomic E-state index is 0.689. The number of para-hydroxylation sites is 1. The summed E-state index contributed by atoms with van der Waals surface area (Å²) >= 11 is 5.93. The predicted molar refractivity (Wildman–Crippen MR) is 112 cm³/mol. The number of anilines is 1. The summed E-state index contributed by atoms with van der Waals surface area (Å²) in [6.45, 7) is 1.92. The van der Waals surface area contributed by atoms with Crippen LogP contribution in [0.2, 0.25) is 5.02 Å². The molecule has 0 bridgehead atoms. The molecule has 5 heteroatoms. The molecule has 0 spiro atoms. The van der Waals surface area contributed by atoms with Gasteiger partial charge in [0.25, 0.3) is 0 Å². The number of halogens is 1. The van der Waals surface area contributed by atoms with E-state index in [4.69, 9.17) is 16.6 Å². The van der Waals surface area contributed by atoms with Crippen molar-refractivity contribution in [3.8, 4) is 0 Å². The first-order valence-electron chi connectivity index (χ1n) is 8.71. The highest BCUT2D eigenvalue weighted by molar-refractivity contribution is 6.30. The highest BCUT2D eigenvalue weighted by atomic mass is 35.5. The Morgan fingerprint density at radius 2 is 1.77 bits per heavy atom. The fourth-order valence-electron chi connectivity index (χ4n) is 2.65. The minimum Gasteiger partial charge on any atom is -0.369 e. The lowest BCUT2D eigenvalue weighted by Crippen LogP contribution is -2.16. The first kappa shape index (κ1) is 18.4. The summed E-state index contributed by atoms with van der Waals surface area (Å²) in [5.74, 6) is 1.57. The molecule has 2 aromatic carbocycles. The molecule has 1 N–H and O–H groups in total. The highest BCUT2D eigenvalue weighted by Gasteiger charge is 2.05. The SMILES string of the molecule is CN(C)CCCNc1nc(/C=C/c2ccc(Cl)cc2)nc2ccccc12. The van der Waals surface area contributed by atoms with Gasteiger partial charge in [0.2, 0.25) is 0 Å². The summed E-state index contributed by atoms with van der Waals surface area (Å²) in [7, 11) is 4.17. The van der Waals surface area contributed by atoms with Gasteiger partial charge in [-0.05, 0) is 63.0 Å². The van der Waals surface area contributed by atoms with Crippen LogP contribution in [0.1, 0.15) is 17.8 Å². The molecular formula is C21H23ClN4. The van der Waals surface area contributed by atoms with Crippen LogP contribution in [0.25, 0.3) is 23.1 Å². The lowest BCUT2D eigenvalue weighted by molar-refractivity contribution is 0.405. The Kier molecular flexibility index (Phi) is 6.21. The second kappa shape index (κ2) is 8.79. The molecule has 0 saturated heterocycles. The summed E-state index contributed by atoms with van der Waals surface area (Å²) in [6, 6.07) is 15.8. The summed E-state index contributed by atoms with van der Waals surface area (Å²) in [4.78, 5) is 11.5. The number of hydrogen-bond acceptors (Lipinski definition) is 4. The summed E-state index contributed by atoms with van der Waals surface area (Å²) in [5.41, 5.74) is 2.00. The van der Waals surface area contributed by atoms with E-state index in [2.05, 4.69) is 35.4 Å². The van der Waals surface area contributed by atoms with Crippen molar-refractivity contribution >= 4 is 40.5 Å². The lowest BCUT2D eigenvalue weighted by Gasteiger charge is -2.12. The number of hydrogen-bond donors (Lipinski definition) is 1. The van der Waals surface area contributed by atoms with Crippen LogP contribution >= 0.6 is 11.6 Å². The average molecular weight is 367 g/mol. The van der Waals surface area contributed by atoms with Gasteiger partial charge in [0.05, 0.1) is 5.52 Å². The van der Waals surface area contributed by atoms with Crippen LogP contribution in [-0.4, -0.2) is 42.1 Å². The Morgan fingerprint density at radius 1 is 1.00 bits per heavy atom. The Balaban J connectivity index is 1.82. The molecule has 0 aliphatic carbocycles. The van der Waals surface area contributed by atoms with Gasteiger partial charge in [0.1, 0.15) is 5.82 Å². The van der Waals surface area contributed by atoms with E-state index in [1.165, 1.54) is 0 Å². The van der Waals surface area contributed by atoms with E-state index in [9.17, 15) is 0 Å². The predicted octanol–water partition coefficient (Wildman–Crippen LogP) is 4.82. The molecule has 1 aromatic heterocycles. The van der Waals surface area contributed by atoms with Crippen LogP contribution in [-0.2, 0) is 0 Å².